The summed E-state index contributed by atoms with van der Waals surface area (Å²) in [6.45, 7) is 5.84. The van der Waals surface area contributed by atoms with Gasteiger partial charge in [0.15, 0.2) is 0 Å². The van der Waals surface area contributed by atoms with Crippen LogP contribution in [0.15, 0.2) is 99.5 Å². The summed E-state index contributed by atoms with van der Waals surface area (Å²) in [5, 5.41) is 4.04. The number of furan rings is 1. The largest absolute Gasteiger partial charge is 0.459 e. The lowest BCUT2D eigenvalue weighted by molar-refractivity contribution is 0.0948. The highest BCUT2D eigenvalue weighted by atomic mass is 32.2. The molecule has 3 heterocycles. The van der Waals surface area contributed by atoms with Crippen LogP contribution in [-0.2, 0) is 23.1 Å². The van der Waals surface area contributed by atoms with Crippen LogP contribution in [0.2, 0.25) is 0 Å². The van der Waals surface area contributed by atoms with E-state index in [4.69, 9.17) is 4.42 Å². The van der Waals surface area contributed by atoms with E-state index >= 15 is 0 Å². The van der Waals surface area contributed by atoms with Gasteiger partial charge in [0.1, 0.15) is 22.9 Å². The number of hydrazone groups is 1. The monoisotopic (exact) mass is 555 g/mol. The highest BCUT2D eigenvalue weighted by Crippen LogP contribution is 2.22. The standard InChI is InChI=1S/C30H29N5O4S/c1-21-9-13-27(14-10-21)40(37,38)34(19-24-7-5-4-6-8-24)20-26-12-11-25(39-26)18-31-33-30(36)29-23(3)32-28-17-22(2)15-16-35(28)29/h4-18H,19-20H2,1-3H3,(H,33,36)/b31-18+. The van der Waals surface area contributed by atoms with Crippen LogP contribution in [0.1, 0.15) is 44.4 Å². The van der Waals surface area contributed by atoms with E-state index in [9.17, 15) is 13.2 Å². The second-order valence-corrected chi connectivity index (χ2v) is 11.5. The van der Waals surface area contributed by atoms with Gasteiger partial charge in [-0.1, -0.05) is 48.0 Å². The molecule has 0 spiro atoms. The lowest BCUT2D eigenvalue weighted by atomic mass is 10.2. The van der Waals surface area contributed by atoms with E-state index in [1.807, 2.05) is 56.3 Å². The van der Waals surface area contributed by atoms with Gasteiger partial charge in [0, 0.05) is 12.7 Å². The second kappa shape index (κ2) is 11.3. The van der Waals surface area contributed by atoms with Crippen LogP contribution < -0.4 is 5.43 Å². The Hall–Kier alpha value is -4.54. The molecule has 0 bridgehead atoms. The zero-order valence-electron chi connectivity index (χ0n) is 22.4. The van der Waals surface area contributed by atoms with Crippen molar-refractivity contribution in [2.75, 3.05) is 0 Å². The summed E-state index contributed by atoms with van der Waals surface area (Å²) in [5.74, 6) is 0.399. The Kier molecular flexibility index (Phi) is 7.63. The van der Waals surface area contributed by atoms with Gasteiger partial charge in [-0.05, 0) is 68.3 Å². The molecule has 1 N–H and O–H groups in total. The molecule has 0 atom stereocenters. The molecule has 0 aliphatic carbocycles. The summed E-state index contributed by atoms with van der Waals surface area (Å²) in [7, 11) is -3.81. The average molecular weight is 556 g/mol. The smallest absolute Gasteiger partial charge is 0.290 e. The van der Waals surface area contributed by atoms with E-state index in [-0.39, 0.29) is 18.0 Å². The van der Waals surface area contributed by atoms with Crippen molar-refractivity contribution in [3.63, 3.8) is 0 Å². The third kappa shape index (κ3) is 5.88. The Bertz CT molecular complexity index is 1790. The molecule has 10 heteroatoms. The molecule has 0 unspecified atom stereocenters. The van der Waals surface area contributed by atoms with Gasteiger partial charge in [0.25, 0.3) is 5.91 Å². The number of fused-ring (bicyclic) bond motifs is 1. The first kappa shape index (κ1) is 27.0. The molecule has 0 aliphatic rings. The van der Waals surface area contributed by atoms with Gasteiger partial charge >= 0.3 is 0 Å². The van der Waals surface area contributed by atoms with Crippen molar-refractivity contribution in [1.29, 1.82) is 0 Å². The minimum absolute atomic E-state index is 0.0196. The zero-order chi connectivity index (χ0) is 28.3. The molecule has 1 amide bonds. The number of sulfonamides is 1. The van der Waals surface area contributed by atoms with Gasteiger partial charge in [-0.15, -0.1) is 0 Å². The molecule has 5 rings (SSSR count). The topological polar surface area (TPSA) is 109 Å². The first-order valence-electron chi connectivity index (χ1n) is 12.7. The number of hydrogen-bond donors (Lipinski definition) is 1. The number of nitrogens with one attached hydrogen (secondary N) is 1. The zero-order valence-corrected chi connectivity index (χ0v) is 23.2. The van der Waals surface area contributed by atoms with Gasteiger partial charge in [0.05, 0.1) is 23.3 Å². The van der Waals surface area contributed by atoms with Crippen LogP contribution in [-0.4, -0.2) is 34.2 Å². The quantitative estimate of drug-likeness (QED) is 0.203. The molecule has 0 aliphatic heterocycles. The molecule has 2 aromatic carbocycles. The molecule has 0 fully saturated rings. The van der Waals surface area contributed by atoms with Gasteiger partial charge in [-0.2, -0.15) is 9.41 Å². The summed E-state index contributed by atoms with van der Waals surface area (Å²) < 4.78 is 36.1. The minimum atomic E-state index is -3.81. The number of benzene rings is 2. The van der Waals surface area contributed by atoms with E-state index in [1.54, 1.807) is 53.9 Å². The maximum absolute atomic E-state index is 13.6. The van der Waals surface area contributed by atoms with Crippen molar-refractivity contribution >= 4 is 27.8 Å². The molecule has 0 saturated heterocycles. The Balaban J connectivity index is 1.32. The van der Waals surface area contributed by atoms with Crippen molar-refractivity contribution in [3.8, 4) is 0 Å². The highest BCUT2D eigenvalue weighted by molar-refractivity contribution is 7.89. The number of nitrogens with zero attached hydrogens (tertiary/aromatic N) is 4. The molecule has 204 valence electrons. The van der Waals surface area contributed by atoms with E-state index in [2.05, 4.69) is 15.5 Å². The van der Waals surface area contributed by atoms with Crippen LogP contribution in [0, 0.1) is 20.8 Å². The fourth-order valence-electron chi connectivity index (χ4n) is 4.34. The van der Waals surface area contributed by atoms with Crippen molar-refractivity contribution in [2.45, 2.75) is 38.8 Å². The maximum Gasteiger partial charge on any atom is 0.290 e. The Morgan fingerprint density at radius 1 is 0.975 bits per heavy atom. The molecule has 0 saturated carbocycles. The number of imidazole rings is 1. The van der Waals surface area contributed by atoms with Crippen LogP contribution in [0.25, 0.3) is 5.65 Å². The molecule has 5 aromatic rings. The summed E-state index contributed by atoms with van der Waals surface area (Å²) in [6, 6.07) is 23.3. The lowest BCUT2D eigenvalue weighted by Crippen LogP contribution is -2.30. The summed E-state index contributed by atoms with van der Waals surface area (Å²) in [4.78, 5) is 17.5. The van der Waals surface area contributed by atoms with Crippen LogP contribution in [0.5, 0.6) is 0 Å². The number of rotatable bonds is 9. The van der Waals surface area contributed by atoms with Crippen molar-refractivity contribution in [3.05, 3.63) is 125 Å². The molecule has 3 aromatic heterocycles. The summed E-state index contributed by atoms with van der Waals surface area (Å²) in [5.41, 5.74) is 7.06. The Labute approximate surface area is 232 Å². The number of amides is 1. The third-order valence-electron chi connectivity index (χ3n) is 6.40. The Morgan fingerprint density at radius 2 is 1.73 bits per heavy atom. The lowest BCUT2D eigenvalue weighted by Gasteiger charge is -2.21. The number of pyridine rings is 1. The number of carbonyl (C=O) groups is 1. The van der Waals surface area contributed by atoms with Crippen LogP contribution in [0.4, 0.5) is 0 Å². The first-order chi connectivity index (χ1) is 19.2. The molecular formula is C30H29N5O4S. The molecule has 0 radical (unpaired) electrons. The number of hydrogen-bond acceptors (Lipinski definition) is 6. The predicted molar refractivity (Wildman–Crippen MR) is 152 cm³/mol. The predicted octanol–water partition coefficient (Wildman–Crippen LogP) is 5.01. The normalized spacial score (nSPS) is 12.0. The van der Waals surface area contributed by atoms with Gasteiger partial charge in [0.2, 0.25) is 10.0 Å². The fourth-order valence-corrected chi connectivity index (χ4v) is 5.73. The average Bonchev–Trinajstić information content (AvgIpc) is 3.51. The van der Waals surface area contributed by atoms with Crippen molar-refractivity contribution in [2.24, 2.45) is 5.10 Å². The number of aryl methyl sites for hydroxylation is 3. The summed E-state index contributed by atoms with van der Waals surface area (Å²) >= 11 is 0. The van der Waals surface area contributed by atoms with E-state index in [1.165, 1.54) is 10.5 Å². The van der Waals surface area contributed by atoms with E-state index < -0.39 is 15.9 Å². The van der Waals surface area contributed by atoms with Gasteiger partial charge in [-0.3, -0.25) is 9.20 Å². The SMILES string of the molecule is Cc1ccc(S(=O)(=O)N(Cc2ccccc2)Cc2ccc(/C=N/NC(=O)c3c(C)nc4cc(C)ccn34)o2)cc1. The van der Waals surface area contributed by atoms with Crippen LogP contribution in [0.3, 0.4) is 0 Å². The number of aromatic nitrogens is 2. The van der Waals surface area contributed by atoms with Gasteiger partial charge in [-0.25, -0.2) is 18.8 Å². The van der Waals surface area contributed by atoms with Crippen LogP contribution >= 0.6 is 0 Å². The van der Waals surface area contributed by atoms with Crippen molar-refractivity contribution in [1.82, 2.24) is 19.1 Å². The van der Waals surface area contributed by atoms with E-state index in [0.29, 0.717) is 28.6 Å². The van der Waals surface area contributed by atoms with Crippen molar-refractivity contribution < 1.29 is 17.6 Å². The maximum atomic E-state index is 13.6. The Morgan fingerprint density at radius 3 is 2.48 bits per heavy atom. The van der Waals surface area contributed by atoms with Gasteiger partial charge < -0.3 is 4.42 Å². The third-order valence-corrected chi connectivity index (χ3v) is 8.21. The summed E-state index contributed by atoms with van der Waals surface area (Å²) in [6.07, 6.45) is 3.17. The molecule has 40 heavy (non-hydrogen) atoms. The first-order valence-corrected chi connectivity index (χ1v) is 14.1. The highest BCUT2D eigenvalue weighted by Gasteiger charge is 2.26. The van der Waals surface area contributed by atoms with E-state index in [0.717, 1.165) is 16.7 Å². The fraction of sp³-hybridized carbons (Fsp3) is 0.167. The number of carbonyl (C=O) groups excluding carboxylic acids is 1. The minimum Gasteiger partial charge on any atom is -0.459 e. The molecule has 9 nitrogen and oxygen atoms in total. The second-order valence-electron chi connectivity index (χ2n) is 9.55. The molecular weight excluding hydrogens is 526 g/mol.